The van der Waals surface area contributed by atoms with E-state index in [1.54, 1.807) is 13.0 Å². The summed E-state index contributed by atoms with van der Waals surface area (Å²) in [6, 6.07) is 5.28. The summed E-state index contributed by atoms with van der Waals surface area (Å²) in [5, 5.41) is 3.33. The summed E-state index contributed by atoms with van der Waals surface area (Å²) >= 11 is 0. The van der Waals surface area contributed by atoms with E-state index in [0.29, 0.717) is 12.1 Å². The van der Waals surface area contributed by atoms with Crippen LogP contribution in [-0.2, 0) is 0 Å². The minimum Gasteiger partial charge on any atom is -0.329 e. The molecule has 84 valence electrons. The molecule has 0 radical (unpaired) electrons. The van der Waals surface area contributed by atoms with Crippen LogP contribution in [0.4, 0.5) is 4.39 Å². The summed E-state index contributed by atoms with van der Waals surface area (Å²) in [7, 11) is 0. The lowest BCUT2D eigenvalue weighted by Crippen LogP contribution is -2.28. The minimum atomic E-state index is -0.162. The van der Waals surface area contributed by atoms with Gasteiger partial charge < -0.3 is 11.1 Å². The van der Waals surface area contributed by atoms with Crippen molar-refractivity contribution in [3.8, 4) is 0 Å². The van der Waals surface area contributed by atoms with Crippen LogP contribution in [0.3, 0.4) is 0 Å². The quantitative estimate of drug-likeness (QED) is 0.781. The monoisotopic (exact) mass is 210 g/mol. The van der Waals surface area contributed by atoms with Crippen molar-refractivity contribution in [1.29, 1.82) is 0 Å². The van der Waals surface area contributed by atoms with Crippen molar-refractivity contribution in [2.45, 2.75) is 26.3 Å². The fraction of sp³-hybridized carbons (Fsp3) is 0.500. The van der Waals surface area contributed by atoms with Crippen molar-refractivity contribution >= 4 is 0 Å². The van der Waals surface area contributed by atoms with Gasteiger partial charge in [-0.1, -0.05) is 19.1 Å². The second kappa shape index (κ2) is 5.83. The third-order valence-corrected chi connectivity index (χ3v) is 2.46. The van der Waals surface area contributed by atoms with E-state index in [1.165, 1.54) is 6.07 Å². The Balaban J connectivity index is 2.78. The van der Waals surface area contributed by atoms with Gasteiger partial charge in [-0.2, -0.15) is 0 Å². The number of halogens is 1. The third-order valence-electron chi connectivity index (χ3n) is 2.46. The number of aryl methyl sites for hydroxylation is 1. The van der Waals surface area contributed by atoms with E-state index >= 15 is 0 Å². The van der Waals surface area contributed by atoms with Crippen LogP contribution < -0.4 is 11.1 Å². The van der Waals surface area contributed by atoms with Gasteiger partial charge in [0, 0.05) is 12.6 Å². The van der Waals surface area contributed by atoms with E-state index in [-0.39, 0.29) is 11.9 Å². The molecule has 1 rings (SSSR count). The Morgan fingerprint density at radius 3 is 2.73 bits per heavy atom. The highest BCUT2D eigenvalue weighted by atomic mass is 19.1. The van der Waals surface area contributed by atoms with Crippen molar-refractivity contribution < 1.29 is 4.39 Å². The molecule has 0 fully saturated rings. The normalized spacial score (nSPS) is 12.8. The summed E-state index contributed by atoms with van der Waals surface area (Å²) < 4.78 is 13.1. The molecule has 2 nitrogen and oxygen atoms in total. The highest BCUT2D eigenvalue weighted by Crippen LogP contribution is 2.15. The number of nitrogens with two attached hydrogens (primary N) is 1. The van der Waals surface area contributed by atoms with Gasteiger partial charge in [0.25, 0.3) is 0 Å². The van der Waals surface area contributed by atoms with Gasteiger partial charge in [0.15, 0.2) is 0 Å². The Morgan fingerprint density at radius 2 is 2.20 bits per heavy atom. The maximum Gasteiger partial charge on any atom is 0.126 e. The zero-order chi connectivity index (χ0) is 11.3. The maximum atomic E-state index is 13.1. The van der Waals surface area contributed by atoms with Crippen LogP contribution in [0.2, 0.25) is 0 Å². The van der Waals surface area contributed by atoms with Crippen molar-refractivity contribution in [2.75, 3.05) is 13.1 Å². The molecule has 1 aromatic rings. The number of rotatable bonds is 5. The predicted octanol–water partition coefficient (Wildman–Crippen LogP) is 2.13. The first kappa shape index (κ1) is 12.1. The Bertz CT molecular complexity index is 312. The standard InChI is InChI=1S/C12H19FN2/c1-3-6-15-12(8-14)10-4-5-11(13)9(2)7-10/h4-5,7,12,15H,3,6,8,14H2,1-2H3. The Morgan fingerprint density at radius 1 is 1.47 bits per heavy atom. The fourth-order valence-electron chi connectivity index (χ4n) is 1.54. The van der Waals surface area contributed by atoms with Gasteiger partial charge >= 0.3 is 0 Å². The number of benzene rings is 1. The van der Waals surface area contributed by atoms with E-state index in [2.05, 4.69) is 12.2 Å². The van der Waals surface area contributed by atoms with Crippen LogP contribution in [0.5, 0.6) is 0 Å². The largest absolute Gasteiger partial charge is 0.329 e. The van der Waals surface area contributed by atoms with Crippen LogP contribution in [0.15, 0.2) is 18.2 Å². The van der Waals surface area contributed by atoms with E-state index in [9.17, 15) is 4.39 Å². The molecular weight excluding hydrogens is 191 g/mol. The summed E-state index contributed by atoms with van der Waals surface area (Å²) in [5.41, 5.74) is 7.41. The average molecular weight is 210 g/mol. The molecular formula is C12H19FN2. The lowest BCUT2D eigenvalue weighted by Gasteiger charge is -2.17. The van der Waals surface area contributed by atoms with Gasteiger partial charge in [-0.05, 0) is 37.1 Å². The SMILES string of the molecule is CCCNC(CN)c1ccc(F)c(C)c1. The molecule has 1 aromatic carbocycles. The molecule has 1 atom stereocenters. The van der Waals surface area contributed by atoms with E-state index in [4.69, 9.17) is 5.73 Å². The molecule has 0 saturated carbocycles. The van der Waals surface area contributed by atoms with Gasteiger partial charge in [-0.15, -0.1) is 0 Å². The van der Waals surface area contributed by atoms with Gasteiger partial charge in [0.2, 0.25) is 0 Å². The highest BCUT2D eigenvalue weighted by molar-refractivity contribution is 5.26. The van der Waals surface area contributed by atoms with E-state index in [0.717, 1.165) is 18.5 Å². The molecule has 0 amide bonds. The first-order valence-electron chi connectivity index (χ1n) is 5.38. The first-order chi connectivity index (χ1) is 7.19. The predicted molar refractivity (Wildman–Crippen MR) is 61.2 cm³/mol. The Hall–Kier alpha value is -0.930. The van der Waals surface area contributed by atoms with Gasteiger partial charge in [-0.3, -0.25) is 0 Å². The van der Waals surface area contributed by atoms with E-state index in [1.807, 2.05) is 6.07 Å². The van der Waals surface area contributed by atoms with Crippen LogP contribution >= 0.6 is 0 Å². The van der Waals surface area contributed by atoms with Gasteiger partial charge in [0.05, 0.1) is 0 Å². The average Bonchev–Trinajstić information content (AvgIpc) is 2.24. The zero-order valence-electron chi connectivity index (χ0n) is 9.39. The van der Waals surface area contributed by atoms with Crippen molar-refractivity contribution in [3.63, 3.8) is 0 Å². The molecule has 0 heterocycles. The zero-order valence-corrected chi connectivity index (χ0v) is 9.39. The molecule has 0 aliphatic heterocycles. The first-order valence-corrected chi connectivity index (χ1v) is 5.38. The molecule has 0 aromatic heterocycles. The van der Waals surface area contributed by atoms with E-state index < -0.39 is 0 Å². The maximum absolute atomic E-state index is 13.1. The Labute approximate surface area is 90.7 Å². The second-order valence-electron chi connectivity index (χ2n) is 3.75. The van der Waals surface area contributed by atoms with Crippen molar-refractivity contribution in [1.82, 2.24) is 5.32 Å². The van der Waals surface area contributed by atoms with Crippen LogP contribution in [-0.4, -0.2) is 13.1 Å². The van der Waals surface area contributed by atoms with Gasteiger partial charge in [0.1, 0.15) is 5.82 Å². The summed E-state index contributed by atoms with van der Waals surface area (Å²) in [6.45, 7) is 5.34. The molecule has 3 heteroatoms. The molecule has 3 N–H and O–H groups in total. The smallest absolute Gasteiger partial charge is 0.126 e. The summed E-state index contributed by atoms with van der Waals surface area (Å²) in [4.78, 5) is 0. The van der Waals surface area contributed by atoms with Crippen LogP contribution in [0.25, 0.3) is 0 Å². The Kier molecular flexibility index (Phi) is 4.72. The minimum absolute atomic E-state index is 0.129. The number of nitrogens with one attached hydrogen (secondary N) is 1. The molecule has 0 aliphatic carbocycles. The molecule has 0 saturated heterocycles. The van der Waals surface area contributed by atoms with Crippen LogP contribution in [0.1, 0.15) is 30.5 Å². The number of hydrogen-bond donors (Lipinski definition) is 2. The van der Waals surface area contributed by atoms with Gasteiger partial charge in [-0.25, -0.2) is 4.39 Å². The molecule has 0 spiro atoms. The number of hydrogen-bond acceptors (Lipinski definition) is 2. The van der Waals surface area contributed by atoms with Crippen LogP contribution in [0, 0.1) is 12.7 Å². The fourth-order valence-corrected chi connectivity index (χ4v) is 1.54. The topological polar surface area (TPSA) is 38.0 Å². The lowest BCUT2D eigenvalue weighted by atomic mass is 10.0. The third kappa shape index (κ3) is 3.29. The van der Waals surface area contributed by atoms with Crippen molar-refractivity contribution in [3.05, 3.63) is 35.1 Å². The second-order valence-corrected chi connectivity index (χ2v) is 3.75. The molecule has 15 heavy (non-hydrogen) atoms. The van der Waals surface area contributed by atoms with Crippen molar-refractivity contribution in [2.24, 2.45) is 5.73 Å². The molecule has 1 unspecified atom stereocenters. The molecule has 0 bridgehead atoms. The molecule has 0 aliphatic rings. The lowest BCUT2D eigenvalue weighted by molar-refractivity contribution is 0.537. The highest BCUT2D eigenvalue weighted by Gasteiger charge is 2.09. The summed E-state index contributed by atoms with van der Waals surface area (Å²) in [5.74, 6) is -0.162. The summed E-state index contributed by atoms with van der Waals surface area (Å²) in [6.07, 6.45) is 1.07.